The molecule has 91 heavy (non-hydrogen) atoms. The van der Waals surface area contributed by atoms with E-state index < -0.39 is 0 Å². The second kappa shape index (κ2) is 34.6. The van der Waals surface area contributed by atoms with E-state index in [2.05, 4.69) is 438 Å². The van der Waals surface area contributed by atoms with Gasteiger partial charge in [0, 0.05) is 0 Å². The number of benzene rings is 18. The zero-order valence-corrected chi connectivity index (χ0v) is 51.5. The first-order valence-electron chi connectivity index (χ1n) is 31.1. The van der Waals surface area contributed by atoms with Crippen LogP contribution in [0.1, 0.15) is 5.56 Å². The van der Waals surface area contributed by atoms with E-state index in [1.165, 1.54) is 103 Å². The van der Waals surface area contributed by atoms with Gasteiger partial charge in [0.25, 0.3) is 0 Å². The van der Waals surface area contributed by atoms with Crippen LogP contribution in [0.4, 0.5) is 0 Å². The van der Waals surface area contributed by atoms with E-state index in [0.717, 1.165) is 0 Å². The zero-order valence-electron chi connectivity index (χ0n) is 51.5. The second-order valence-electron chi connectivity index (χ2n) is 21.6. The molecule has 0 aliphatic heterocycles. The molecule has 0 radical (unpaired) electrons. The third-order valence-corrected chi connectivity index (χ3v) is 15.3. The first-order chi connectivity index (χ1) is 45.1. The van der Waals surface area contributed by atoms with Gasteiger partial charge in [-0.15, -0.1) is 0 Å². The van der Waals surface area contributed by atoms with Crippen molar-refractivity contribution in [3.63, 3.8) is 0 Å². The SMILES string of the molecule is Cc1cccc2ccccc12.c1ccc2ccccc2c1.c1ccc2ccccc2c1.c1ccc2ccccc2c1.c1ccc2ccccc2c1.c1ccc2ccccc2c1.c1ccc2ccccc2c1.c1ccc2ccccc2c1.c1ccc2ccccc2c1. The molecule has 0 bridgehead atoms. The molecule has 0 heterocycles. The van der Waals surface area contributed by atoms with Crippen molar-refractivity contribution in [2.75, 3.05) is 0 Å². The molecular weight excluding hydrogens is 1090 g/mol. The van der Waals surface area contributed by atoms with Gasteiger partial charge in [0.05, 0.1) is 0 Å². The number of hydrogen-bond acceptors (Lipinski definition) is 0. The van der Waals surface area contributed by atoms with Crippen LogP contribution < -0.4 is 0 Å². The number of rotatable bonds is 0. The molecule has 0 saturated carbocycles. The Morgan fingerprint density at radius 2 is 0.198 bits per heavy atom. The van der Waals surface area contributed by atoms with Crippen molar-refractivity contribution in [2.24, 2.45) is 0 Å². The lowest BCUT2D eigenvalue weighted by Crippen LogP contribution is -1.75. The Hall–Kier alpha value is -11.7. The van der Waals surface area contributed by atoms with Gasteiger partial charge >= 0.3 is 0 Å². The fourth-order valence-corrected chi connectivity index (χ4v) is 10.5. The molecule has 18 rings (SSSR count). The van der Waals surface area contributed by atoms with Gasteiger partial charge in [-0.25, -0.2) is 0 Å². The maximum atomic E-state index is 2.16. The summed E-state index contributed by atoms with van der Waals surface area (Å²) in [4.78, 5) is 0. The van der Waals surface area contributed by atoms with Gasteiger partial charge in [-0.2, -0.15) is 0 Å². The van der Waals surface area contributed by atoms with Gasteiger partial charge in [0.2, 0.25) is 0 Å². The highest BCUT2D eigenvalue weighted by atomic mass is 14.0. The first-order valence-corrected chi connectivity index (χ1v) is 31.1. The van der Waals surface area contributed by atoms with Gasteiger partial charge in [-0.05, 0) is 109 Å². The lowest BCUT2D eigenvalue weighted by atomic mass is 10.1. The van der Waals surface area contributed by atoms with Crippen LogP contribution in [-0.2, 0) is 0 Å². The molecule has 0 fully saturated rings. The number of aryl methyl sites for hydroxylation is 1. The van der Waals surface area contributed by atoms with Gasteiger partial charge in [0.1, 0.15) is 0 Å². The third-order valence-electron chi connectivity index (χ3n) is 15.3. The van der Waals surface area contributed by atoms with Crippen molar-refractivity contribution in [1.82, 2.24) is 0 Å². The quantitative estimate of drug-likeness (QED) is 0.142. The average molecular weight is 1170 g/mol. The predicted octanol–water partition coefficient (Wildman–Crippen LogP) is 25.9. The monoisotopic (exact) mass is 1170 g/mol. The van der Waals surface area contributed by atoms with Gasteiger partial charge in [-0.3, -0.25) is 0 Å². The molecule has 18 aromatic carbocycles. The summed E-state index contributed by atoms with van der Waals surface area (Å²) in [7, 11) is 0. The molecule has 0 saturated heterocycles. The molecule has 0 aromatic heterocycles. The molecule has 0 nitrogen and oxygen atoms in total. The van der Waals surface area contributed by atoms with E-state index in [-0.39, 0.29) is 0 Å². The van der Waals surface area contributed by atoms with Crippen molar-refractivity contribution in [1.29, 1.82) is 0 Å². The van der Waals surface area contributed by atoms with E-state index in [4.69, 9.17) is 0 Å². The minimum Gasteiger partial charge on any atom is -0.0616 e. The van der Waals surface area contributed by atoms with Crippen LogP contribution in [0.15, 0.2) is 431 Å². The molecule has 0 heteroatoms. The third kappa shape index (κ3) is 19.4. The molecular formula is C91H74. The van der Waals surface area contributed by atoms with Crippen molar-refractivity contribution in [3.05, 3.63) is 436 Å². The molecule has 0 amide bonds. The molecule has 0 unspecified atom stereocenters. The standard InChI is InChI=1S/C11H10.8C10H8/c1-9-5-4-7-10-6-2-3-8-11(9)10;8*1-2-6-10-8-4-3-7-9(10)5-1/h2-8H,1H3;8*1-8H. The number of fused-ring (bicyclic) bond motifs is 9. The Kier molecular flexibility index (Phi) is 23.7. The van der Waals surface area contributed by atoms with Crippen molar-refractivity contribution >= 4 is 97.0 Å². The van der Waals surface area contributed by atoms with E-state index >= 15 is 0 Å². The summed E-state index contributed by atoms with van der Waals surface area (Å²) < 4.78 is 0. The molecule has 0 atom stereocenters. The van der Waals surface area contributed by atoms with Crippen LogP contribution in [0, 0.1) is 6.92 Å². The summed E-state index contributed by atoms with van der Waals surface area (Å²) in [5.74, 6) is 0. The lowest BCUT2D eigenvalue weighted by Gasteiger charge is -1.98. The summed E-state index contributed by atoms with van der Waals surface area (Å²) in [6, 6.07) is 149. The fourth-order valence-electron chi connectivity index (χ4n) is 10.5. The van der Waals surface area contributed by atoms with Crippen molar-refractivity contribution < 1.29 is 0 Å². The summed E-state index contributed by atoms with van der Waals surface area (Å²) in [6.07, 6.45) is 0. The second-order valence-corrected chi connectivity index (χ2v) is 21.6. The van der Waals surface area contributed by atoms with Gasteiger partial charge in [0.15, 0.2) is 0 Å². The Morgan fingerprint density at radius 1 is 0.0989 bits per heavy atom. The maximum absolute atomic E-state index is 2.16. The predicted molar refractivity (Wildman–Crippen MR) is 400 cm³/mol. The molecule has 0 N–H and O–H groups in total. The van der Waals surface area contributed by atoms with Crippen LogP contribution in [0.25, 0.3) is 97.0 Å². The Balaban J connectivity index is 0.000000112. The molecule has 0 spiro atoms. The van der Waals surface area contributed by atoms with Gasteiger partial charge in [-0.1, -0.05) is 431 Å². The minimum atomic E-state index is 1.31. The van der Waals surface area contributed by atoms with Crippen molar-refractivity contribution in [3.8, 4) is 0 Å². The smallest absolute Gasteiger partial charge is 0.0155 e. The highest BCUT2D eigenvalue weighted by molar-refractivity contribution is 5.88. The number of hydrogen-bond donors (Lipinski definition) is 0. The highest BCUT2D eigenvalue weighted by Gasteiger charge is 1.94. The largest absolute Gasteiger partial charge is 0.0616 e. The Labute approximate surface area is 536 Å². The minimum absolute atomic E-state index is 1.31. The molecule has 438 valence electrons. The molecule has 0 aliphatic carbocycles. The van der Waals surface area contributed by atoms with Crippen LogP contribution in [0.2, 0.25) is 0 Å². The van der Waals surface area contributed by atoms with Crippen LogP contribution >= 0.6 is 0 Å². The Morgan fingerprint density at radius 3 is 0.319 bits per heavy atom. The van der Waals surface area contributed by atoms with E-state index in [9.17, 15) is 0 Å². The highest BCUT2D eigenvalue weighted by Crippen LogP contribution is 2.19. The summed E-state index contributed by atoms with van der Waals surface area (Å²) in [5, 5.41) is 23.6. The topological polar surface area (TPSA) is 0 Å². The summed E-state index contributed by atoms with van der Waals surface area (Å²) in [6.45, 7) is 2.14. The normalized spacial score (nSPS) is 10.0. The molecule has 18 aromatic rings. The zero-order chi connectivity index (χ0) is 62.2. The Bertz CT molecular complexity index is 3730. The summed E-state index contributed by atoms with van der Waals surface area (Å²) in [5.41, 5.74) is 1.35. The van der Waals surface area contributed by atoms with Crippen LogP contribution in [0.3, 0.4) is 0 Å². The molecule has 0 aliphatic rings. The fraction of sp³-hybridized carbons (Fsp3) is 0.0110. The van der Waals surface area contributed by atoms with E-state index in [1.807, 2.05) is 0 Å². The first kappa shape index (κ1) is 62.4. The van der Waals surface area contributed by atoms with Crippen LogP contribution in [-0.4, -0.2) is 0 Å². The maximum Gasteiger partial charge on any atom is -0.0155 e. The summed E-state index contributed by atoms with van der Waals surface area (Å²) >= 11 is 0. The van der Waals surface area contributed by atoms with Crippen LogP contribution in [0.5, 0.6) is 0 Å². The van der Waals surface area contributed by atoms with Gasteiger partial charge < -0.3 is 0 Å². The van der Waals surface area contributed by atoms with E-state index in [0.29, 0.717) is 0 Å². The van der Waals surface area contributed by atoms with Crippen molar-refractivity contribution in [2.45, 2.75) is 6.92 Å². The average Bonchev–Trinajstić information content (AvgIpc) is 3.83. The van der Waals surface area contributed by atoms with E-state index in [1.54, 1.807) is 0 Å². The lowest BCUT2D eigenvalue weighted by molar-refractivity contribution is 1.53.